The van der Waals surface area contributed by atoms with Crippen LogP contribution in [0, 0.1) is 5.92 Å². The van der Waals surface area contributed by atoms with Gasteiger partial charge in [-0.05, 0) is 42.3 Å². The summed E-state index contributed by atoms with van der Waals surface area (Å²) in [6, 6.07) is 10.1. The Kier molecular flexibility index (Phi) is 5.83. The van der Waals surface area contributed by atoms with Gasteiger partial charge in [0.2, 0.25) is 5.91 Å². The second kappa shape index (κ2) is 8.42. The number of piperazine rings is 1. The normalized spacial score (nSPS) is 18.9. The van der Waals surface area contributed by atoms with Crippen LogP contribution in [0.4, 0.5) is 13.2 Å². The van der Waals surface area contributed by atoms with E-state index >= 15 is 0 Å². The van der Waals surface area contributed by atoms with Crippen molar-refractivity contribution < 1.29 is 27.5 Å². The van der Waals surface area contributed by atoms with Crippen LogP contribution in [-0.4, -0.2) is 54.4 Å². The van der Waals surface area contributed by atoms with Gasteiger partial charge in [-0.1, -0.05) is 23.7 Å². The number of nitrogens with zero attached hydrogens (tertiary/aromatic N) is 2. The number of halogens is 4. The van der Waals surface area contributed by atoms with Gasteiger partial charge in [-0.2, -0.15) is 13.2 Å². The molecule has 0 aromatic heterocycles. The van der Waals surface area contributed by atoms with E-state index in [-0.39, 0.29) is 50.2 Å². The minimum atomic E-state index is -4.61. The van der Waals surface area contributed by atoms with Crippen LogP contribution in [0.2, 0.25) is 5.02 Å². The van der Waals surface area contributed by atoms with E-state index in [4.69, 9.17) is 16.3 Å². The van der Waals surface area contributed by atoms with E-state index in [9.17, 15) is 22.8 Å². The molecule has 1 fully saturated rings. The van der Waals surface area contributed by atoms with Gasteiger partial charge < -0.3 is 14.5 Å². The monoisotopic (exact) mass is 452 g/mol. The van der Waals surface area contributed by atoms with Gasteiger partial charge in [0.25, 0.3) is 5.91 Å². The van der Waals surface area contributed by atoms with E-state index in [1.54, 1.807) is 23.1 Å². The van der Waals surface area contributed by atoms with Gasteiger partial charge in [-0.25, -0.2) is 0 Å². The van der Waals surface area contributed by atoms with Crippen molar-refractivity contribution in [2.75, 3.05) is 32.8 Å². The van der Waals surface area contributed by atoms with Gasteiger partial charge in [-0.3, -0.25) is 9.59 Å². The molecule has 1 atom stereocenters. The second-order valence-electron chi connectivity index (χ2n) is 7.62. The van der Waals surface area contributed by atoms with Crippen LogP contribution in [0.15, 0.2) is 42.5 Å². The quantitative estimate of drug-likeness (QED) is 0.694. The molecule has 4 rings (SSSR count). The molecule has 164 valence electrons. The van der Waals surface area contributed by atoms with Crippen molar-refractivity contribution in [3.63, 3.8) is 0 Å². The van der Waals surface area contributed by atoms with Crippen LogP contribution in [0.3, 0.4) is 0 Å². The first-order valence-electron chi connectivity index (χ1n) is 9.89. The number of rotatable bonds is 2. The first-order valence-corrected chi connectivity index (χ1v) is 10.3. The van der Waals surface area contributed by atoms with E-state index in [2.05, 4.69) is 0 Å². The molecule has 0 aliphatic carbocycles. The second-order valence-corrected chi connectivity index (χ2v) is 8.06. The summed E-state index contributed by atoms with van der Waals surface area (Å²) in [5.41, 5.74) is -0.450. The maximum Gasteiger partial charge on any atom is 0.417 e. The lowest BCUT2D eigenvalue weighted by Crippen LogP contribution is -2.53. The predicted octanol–water partition coefficient (Wildman–Crippen LogP) is 3.89. The Bertz CT molecular complexity index is 1000. The highest BCUT2D eigenvalue weighted by Crippen LogP contribution is 2.33. The van der Waals surface area contributed by atoms with Gasteiger partial charge in [0.1, 0.15) is 12.4 Å². The van der Waals surface area contributed by atoms with Crippen molar-refractivity contribution in [3.05, 3.63) is 64.2 Å². The lowest BCUT2D eigenvalue weighted by molar-refractivity contribution is -0.138. The Morgan fingerprint density at radius 2 is 1.68 bits per heavy atom. The number of hydrogen-bond donors (Lipinski definition) is 0. The average Bonchev–Trinajstić information content (AvgIpc) is 2.77. The summed E-state index contributed by atoms with van der Waals surface area (Å²) in [5, 5.41) is 0.571. The van der Waals surface area contributed by atoms with Gasteiger partial charge >= 0.3 is 6.18 Å². The van der Waals surface area contributed by atoms with Crippen LogP contribution in [0.5, 0.6) is 5.75 Å². The number of carbonyl (C=O) groups excluding carboxylic acids is 2. The summed E-state index contributed by atoms with van der Waals surface area (Å²) in [7, 11) is 0. The van der Waals surface area contributed by atoms with E-state index in [0.29, 0.717) is 17.2 Å². The molecule has 2 aliphatic heterocycles. The van der Waals surface area contributed by atoms with E-state index in [1.807, 2.05) is 0 Å². The number of hydrogen-bond acceptors (Lipinski definition) is 3. The summed E-state index contributed by atoms with van der Waals surface area (Å²) in [5.74, 6) is -0.413. The van der Waals surface area contributed by atoms with Crippen molar-refractivity contribution >= 4 is 23.4 Å². The molecule has 31 heavy (non-hydrogen) atoms. The molecule has 2 aromatic rings. The Morgan fingerprint density at radius 3 is 2.39 bits per heavy atom. The summed E-state index contributed by atoms with van der Waals surface area (Å²) in [6.45, 7) is 1.13. The fourth-order valence-corrected chi connectivity index (χ4v) is 4.19. The molecular weight excluding hydrogens is 433 g/mol. The number of fused-ring (bicyclic) bond motifs is 1. The zero-order chi connectivity index (χ0) is 22.2. The molecule has 2 aliphatic rings. The van der Waals surface area contributed by atoms with E-state index in [0.717, 1.165) is 11.6 Å². The minimum absolute atomic E-state index is 0.0894. The van der Waals surface area contributed by atoms with E-state index in [1.165, 1.54) is 23.1 Å². The molecule has 0 N–H and O–H groups in total. The van der Waals surface area contributed by atoms with Gasteiger partial charge in [-0.15, -0.1) is 0 Å². The van der Waals surface area contributed by atoms with E-state index < -0.39 is 17.6 Å². The minimum Gasteiger partial charge on any atom is -0.492 e. The number of ether oxygens (including phenoxy) is 1. The average molecular weight is 453 g/mol. The zero-order valence-electron chi connectivity index (χ0n) is 16.5. The molecule has 0 saturated carbocycles. The van der Waals surface area contributed by atoms with Crippen molar-refractivity contribution in [2.24, 2.45) is 5.92 Å². The number of carbonyl (C=O) groups is 2. The molecule has 1 unspecified atom stereocenters. The lowest BCUT2D eigenvalue weighted by Gasteiger charge is -2.37. The molecule has 2 amide bonds. The third-order valence-corrected chi connectivity index (χ3v) is 5.85. The smallest absolute Gasteiger partial charge is 0.417 e. The predicted molar refractivity (Wildman–Crippen MR) is 108 cm³/mol. The van der Waals surface area contributed by atoms with Crippen molar-refractivity contribution in [2.45, 2.75) is 12.6 Å². The molecular formula is C22H20ClF3N2O3. The third-order valence-electron chi connectivity index (χ3n) is 5.62. The van der Waals surface area contributed by atoms with Gasteiger partial charge in [0, 0.05) is 31.2 Å². The molecule has 1 saturated heterocycles. The maximum atomic E-state index is 13.2. The summed E-state index contributed by atoms with van der Waals surface area (Å²) < 4.78 is 45.4. The van der Waals surface area contributed by atoms with Crippen molar-refractivity contribution in [3.8, 4) is 5.75 Å². The molecule has 9 heteroatoms. The van der Waals surface area contributed by atoms with Crippen LogP contribution in [0.1, 0.15) is 21.5 Å². The van der Waals surface area contributed by atoms with Crippen LogP contribution >= 0.6 is 11.6 Å². The van der Waals surface area contributed by atoms with Crippen LogP contribution in [-0.2, 0) is 17.4 Å². The summed E-state index contributed by atoms with van der Waals surface area (Å²) >= 11 is 6.03. The molecule has 0 bridgehead atoms. The first kappa shape index (κ1) is 21.5. The Labute approximate surface area is 182 Å². The highest BCUT2D eigenvalue weighted by molar-refractivity contribution is 6.30. The largest absolute Gasteiger partial charge is 0.492 e. The standard InChI is InChI=1S/C22H20ClF3N2O3/c23-16-5-6-19-14(12-16)11-15(13-31-19)20(29)27-7-9-28(10-8-27)21(30)17-3-1-2-4-18(17)22(24,25)26/h1-6,12,15H,7-11,13H2. The Hall–Kier alpha value is -2.74. The molecule has 0 spiro atoms. The summed E-state index contributed by atoms with van der Waals surface area (Å²) in [4.78, 5) is 28.6. The highest BCUT2D eigenvalue weighted by Gasteiger charge is 2.37. The molecule has 0 radical (unpaired) electrons. The maximum absolute atomic E-state index is 13.2. The molecule has 5 nitrogen and oxygen atoms in total. The first-order chi connectivity index (χ1) is 14.7. The van der Waals surface area contributed by atoms with Crippen molar-refractivity contribution in [1.29, 1.82) is 0 Å². The number of amides is 2. The fourth-order valence-electron chi connectivity index (χ4n) is 4.00. The highest BCUT2D eigenvalue weighted by atomic mass is 35.5. The zero-order valence-corrected chi connectivity index (χ0v) is 17.2. The van der Waals surface area contributed by atoms with Gasteiger partial charge in [0.15, 0.2) is 0 Å². The Balaban J connectivity index is 1.39. The van der Waals surface area contributed by atoms with Crippen LogP contribution in [0.25, 0.3) is 0 Å². The molecule has 2 aromatic carbocycles. The number of benzene rings is 2. The Morgan fingerprint density at radius 1 is 1.00 bits per heavy atom. The van der Waals surface area contributed by atoms with Crippen LogP contribution < -0.4 is 4.74 Å². The topological polar surface area (TPSA) is 49.9 Å². The third kappa shape index (κ3) is 4.49. The SMILES string of the molecule is O=C(c1ccccc1C(F)(F)F)N1CCN(C(=O)C2COc3ccc(Cl)cc3C2)CC1. The molecule has 2 heterocycles. The summed E-state index contributed by atoms with van der Waals surface area (Å²) in [6.07, 6.45) is -4.10. The number of alkyl halides is 3. The van der Waals surface area contributed by atoms with Crippen molar-refractivity contribution in [1.82, 2.24) is 9.80 Å². The fraction of sp³-hybridized carbons (Fsp3) is 0.364. The lowest BCUT2D eigenvalue weighted by atomic mass is 9.95. The van der Waals surface area contributed by atoms with Gasteiger partial charge in [0.05, 0.1) is 17.0 Å².